The first-order valence-corrected chi connectivity index (χ1v) is 9.66. The predicted octanol–water partition coefficient (Wildman–Crippen LogP) is 3.73. The minimum Gasteiger partial charge on any atom is -0.497 e. The summed E-state index contributed by atoms with van der Waals surface area (Å²) in [6.45, 7) is 4.28. The second-order valence-corrected chi connectivity index (χ2v) is 6.83. The smallest absolute Gasteiger partial charge is 0.314 e. The average molecular weight is 383 g/mol. The normalized spacial score (nSPS) is 12.7. The molecule has 0 fully saturated rings. The van der Waals surface area contributed by atoms with Crippen LogP contribution in [0.5, 0.6) is 5.75 Å². The molecule has 2 rings (SSSR count). The van der Waals surface area contributed by atoms with Crippen LogP contribution in [0.25, 0.3) is 0 Å². The zero-order valence-corrected chi connectivity index (χ0v) is 16.8. The Balaban J connectivity index is 1.80. The molecule has 0 heterocycles. The molecular formula is C23H29NO4. The lowest BCUT2D eigenvalue weighted by Crippen LogP contribution is -2.32. The summed E-state index contributed by atoms with van der Waals surface area (Å²) in [7, 11) is 1.63. The molecule has 0 bridgehead atoms. The number of rotatable bonds is 10. The van der Waals surface area contributed by atoms with Crippen LogP contribution >= 0.6 is 0 Å². The van der Waals surface area contributed by atoms with E-state index in [0.29, 0.717) is 13.0 Å². The Morgan fingerprint density at radius 1 is 1.04 bits per heavy atom. The molecule has 0 radical (unpaired) electrons. The largest absolute Gasteiger partial charge is 0.497 e. The molecule has 0 saturated carbocycles. The molecule has 2 aromatic rings. The molecule has 1 N–H and O–H groups in total. The number of carbonyl (C=O) groups excluding carboxylic acids is 2. The molecule has 5 heteroatoms. The molecule has 5 nitrogen and oxygen atoms in total. The minimum atomic E-state index is -0.363. The molecule has 2 atom stereocenters. The fourth-order valence-corrected chi connectivity index (χ4v) is 3.01. The van der Waals surface area contributed by atoms with Crippen LogP contribution in [0.1, 0.15) is 37.3 Å². The quantitative estimate of drug-likeness (QED) is 0.635. The van der Waals surface area contributed by atoms with Gasteiger partial charge in [-0.1, -0.05) is 62.7 Å². The number of amides is 1. The van der Waals surface area contributed by atoms with Gasteiger partial charge >= 0.3 is 5.97 Å². The molecule has 150 valence electrons. The summed E-state index contributed by atoms with van der Waals surface area (Å²) < 4.78 is 10.4. The Labute approximate surface area is 167 Å². The van der Waals surface area contributed by atoms with Gasteiger partial charge < -0.3 is 14.8 Å². The first-order chi connectivity index (χ1) is 13.5. The summed E-state index contributed by atoms with van der Waals surface area (Å²) in [6, 6.07) is 17.3. The summed E-state index contributed by atoms with van der Waals surface area (Å²) in [5.74, 6) is -0.0796. The molecule has 0 spiro atoms. The van der Waals surface area contributed by atoms with Gasteiger partial charge in [0.05, 0.1) is 13.0 Å². The zero-order valence-electron chi connectivity index (χ0n) is 16.8. The van der Waals surface area contributed by atoms with Crippen LogP contribution in [0.2, 0.25) is 0 Å². The van der Waals surface area contributed by atoms with Crippen molar-refractivity contribution in [2.24, 2.45) is 5.92 Å². The Morgan fingerprint density at radius 2 is 1.71 bits per heavy atom. The van der Waals surface area contributed by atoms with E-state index >= 15 is 0 Å². The van der Waals surface area contributed by atoms with Crippen LogP contribution in [0.4, 0.5) is 0 Å². The van der Waals surface area contributed by atoms with E-state index in [2.05, 4.69) is 5.32 Å². The predicted molar refractivity (Wildman–Crippen MR) is 109 cm³/mol. The molecular weight excluding hydrogens is 354 g/mol. The molecule has 0 aromatic heterocycles. The highest BCUT2D eigenvalue weighted by atomic mass is 16.5. The molecule has 2 aromatic carbocycles. The zero-order chi connectivity index (χ0) is 20.4. The minimum absolute atomic E-state index is 0.132. The lowest BCUT2D eigenvalue weighted by Gasteiger charge is -2.21. The fourth-order valence-electron chi connectivity index (χ4n) is 3.01. The number of nitrogens with one attached hydrogen (secondary N) is 1. The summed E-state index contributed by atoms with van der Waals surface area (Å²) in [6.07, 6.45) is 1.55. The van der Waals surface area contributed by atoms with Gasteiger partial charge in [0.2, 0.25) is 0 Å². The summed E-state index contributed by atoms with van der Waals surface area (Å²) in [4.78, 5) is 24.6. The van der Waals surface area contributed by atoms with Crippen LogP contribution < -0.4 is 10.1 Å². The van der Waals surface area contributed by atoms with Crippen molar-refractivity contribution in [2.75, 3.05) is 20.3 Å². The van der Waals surface area contributed by atoms with Crippen molar-refractivity contribution < 1.29 is 19.1 Å². The van der Waals surface area contributed by atoms with Gasteiger partial charge in [-0.15, -0.1) is 0 Å². The molecule has 0 saturated heterocycles. The number of carbonyl (C=O) groups is 2. The summed E-state index contributed by atoms with van der Waals surface area (Å²) in [5.41, 5.74) is 2.01. The van der Waals surface area contributed by atoms with Crippen molar-refractivity contribution in [3.63, 3.8) is 0 Å². The van der Waals surface area contributed by atoms with Crippen molar-refractivity contribution in [1.82, 2.24) is 5.32 Å². The lowest BCUT2D eigenvalue weighted by molar-refractivity contribution is -0.151. The number of benzene rings is 2. The third-order valence-corrected chi connectivity index (χ3v) is 4.87. The van der Waals surface area contributed by atoms with Gasteiger partial charge in [0.25, 0.3) is 5.91 Å². The summed E-state index contributed by atoms with van der Waals surface area (Å²) in [5, 5.41) is 2.79. The molecule has 0 aliphatic carbocycles. The Hall–Kier alpha value is -2.82. The van der Waals surface area contributed by atoms with E-state index < -0.39 is 0 Å². The van der Waals surface area contributed by atoms with Gasteiger partial charge in [-0.3, -0.25) is 9.59 Å². The van der Waals surface area contributed by atoms with Gasteiger partial charge in [0.1, 0.15) is 5.75 Å². The van der Waals surface area contributed by atoms with E-state index in [0.717, 1.165) is 23.3 Å². The number of ether oxygens (including phenoxy) is 2. The van der Waals surface area contributed by atoms with Crippen LogP contribution in [-0.4, -0.2) is 32.1 Å². The van der Waals surface area contributed by atoms with E-state index in [-0.39, 0.29) is 30.3 Å². The van der Waals surface area contributed by atoms with Crippen LogP contribution in [-0.2, 0) is 20.7 Å². The van der Waals surface area contributed by atoms with Crippen molar-refractivity contribution in [1.29, 1.82) is 0 Å². The molecule has 0 aliphatic rings. The van der Waals surface area contributed by atoms with Crippen molar-refractivity contribution >= 4 is 11.9 Å². The SMILES string of the molecule is CC[C@@H](C)[C@@H](C(=O)OCC(=O)NCCc1ccc(OC)cc1)c1ccccc1. The van der Waals surface area contributed by atoms with E-state index in [1.807, 2.05) is 68.4 Å². The van der Waals surface area contributed by atoms with Crippen molar-refractivity contribution in [3.05, 3.63) is 65.7 Å². The number of hydrogen-bond donors (Lipinski definition) is 1. The van der Waals surface area contributed by atoms with Crippen LogP contribution in [0.3, 0.4) is 0 Å². The van der Waals surface area contributed by atoms with Gasteiger partial charge in [0.15, 0.2) is 6.61 Å². The van der Waals surface area contributed by atoms with Gasteiger partial charge in [-0.2, -0.15) is 0 Å². The molecule has 0 unspecified atom stereocenters. The van der Waals surface area contributed by atoms with Gasteiger partial charge in [0, 0.05) is 6.54 Å². The maximum absolute atomic E-state index is 12.6. The maximum Gasteiger partial charge on any atom is 0.314 e. The second-order valence-electron chi connectivity index (χ2n) is 6.83. The highest BCUT2D eigenvalue weighted by Crippen LogP contribution is 2.28. The van der Waals surface area contributed by atoms with Crippen LogP contribution in [0, 0.1) is 5.92 Å². The molecule has 0 aliphatic heterocycles. The Bertz CT molecular complexity index is 743. The Kier molecular flexibility index (Phi) is 8.53. The van der Waals surface area contributed by atoms with Crippen molar-refractivity contribution in [3.8, 4) is 5.75 Å². The van der Waals surface area contributed by atoms with E-state index in [1.165, 1.54) is 0 Å². The third kappa shape index (κ3) is 6.41. The van der Waals surface area contributed by atoms with Crippen LogP contribution in [0.15, 0.2) is 54.6 Å². The number of esters is 1. The molecule has 28 heavy (non-hydrogen) atoms. The first-order valence-electron chi connectivity index (χ1n) is 9.66. The maximum atomic E-state index is 12.6. The van der Waals surface area contributed by atoms with E-state index in [4.69, 9.17) is 9.47 Å². The third-order valence-electron chi connectivity index (χ3n) is 4.87. The van der Waals surface area contributed by atoms with Gasteiger partial charge in [-0.25, -0.2) is 0 Å². The van der Waals surface area contributed by atoms with Crippen molar-refractivity contribution in [2.45, 2.75) is 32.6 Å². The average Bonchev–Trinajstić information content (AvgIpc) is 2.73. The monoisotopic (exact) mass is 383 g/mol. The first kappa shape index (κ1) is 21.5. The van der Waals surface area contributed by atoms with E-state index in [1.54, 1.807) is 7.11 Å². The number of hydrogen-bond acceptors (Lipinski definition) is 4. The second kappa shape index (κ2) is 11.1. The lowest BCUT2D eigenvalue weighted by atomic mass is 9.86. The van der Waals surface area contributed by atoms with E-state index in [9.17, 15) is 9.59 Å². The standard InChI is InChI=1S/C23H29NO4/c1-4-17(2)22(19-8-6-5-7-9-19)23(26)28-16-21(25)24-15-14-18-10-12-20(27-3)13-11-18/h5-13,17,22H,4,14-16H2,1-3H3,(H,24,25)/t17-,22-/m1/s1. The Morgan fingerprint density at radius 3 is 2.32 bits per heavy atom. The molecule has 1 amide bonds. The highest BCUT2D eigenvalue weighted by molar-refractivity contribution is 5.83. The highest BCUT2D eigenvalue weighted by Gasteiger charge is 2.27. The van der Waals surface area contributed by atoms with Gasteiger partial charge in [-0.05, 0) is 35.6 Å². The fraction of sp³-hybridized carbons (Fsp3) is 0.391. The topological polar surface area (TPSA) is 64.6 Å². The number of methoxy groups -OCH3 is 1. The summed E-state index contributed by atoms with van der Waals surface area (Å²) >= 11 is 0.